The van der Waals surface area contributed by atoms with Gasteiger partial charge < -0.3 is 33.7 Å². The highest BCUT2D eigenvalue weighted by Crippen LogP contribution is 2.24. The molecule has 0 aromatic rings. The number of carboxylic acid groups (broad SMARTS) is 1. The molecule has 174 valence electrons. The Labute approximate surface area is 177 Å². The molecule has 1 amide bonds. The maximum Gasteiger partial charge on any atom is 0.308 e. The molecular weight excluding hydrogens is 398 g/mol. The summed E-state index contributed by atoms with van der Waals surface area (Å²) >= 11 is 0. The molecule has 2 atom stereocenters. The molecule has 0 saturated carbocycles. The topological polar surface area (TPSA) is 121 Å². The van der Waals surface area contributed by atoms with Crippen LogP contribution in [0.4, 0.5) is 0 Å². The van der Waals surface area contributed by atoms with Gasteiger partial charge in [0, 0.05) is 12.6 Å². The van der Waals surface area contributed by atoms with Gasteiger partial charge >= 0.3 is 11.9 Å². The molecule has 1 heterocycles. The Bertz CT molecular complexity index is 515. The van der Waals surface area contributed by atoms with Crippen LogP contribution in [-0.4, -0.2) is 100 Å². The minimum Gasteiger partial charge on any atom is -0.481 e. The molecule has 0 bridgehead atoms. The van der Waals surface area contributed by atoms with E-state index in [0.29, 0.717) is 72.1 Å². The number of hydrogen-bond donors (Lipinski definition) is 1. The van der Waals surface area contributed by atoms with Gasteiger partial charge in [0.25, 0.3) is 0 Å². The largest absolute Gasteiger partial charge is 0.481 e. The van der Waals surface area contributed by atoms with Crippen molar-refractivity contribution >= 4 is 17.8 Å². The number of aliphatic carboxylic acids is 1. The summed E-state index contributed by atoms with van der Waals surface area (Å²) in [5.41, 5.74) is 0. The first kappa shape index (κ1) is 26.3. The molecule has 1 aliphatic rings. The molecule has 30 heavy (non-hydrogen) atoms. The van der Waals surface area contributed by atoms with Gasteiger partial charge in [0.1, 0.15) is 0 Å². The van der Waals surface area contributed by atoms with Crippen LogP contribution in [0.1, 0.15) is 32.6 Å². The summed E-state index contributed by atoms with van der Waals surface area (Å²) in [4.78, 5) is 36.1. The van der Waals surface area contributed by atoms with Crippen LogP contribution in [0.3, 0.4) is 0 Å². The molecule has 1 aliphatic heterocycles. The van der Waals surface area contributed by atoms with E-state index in [1.165, 1.54) is 7.11 Å². The fourth-order valence-corrected chi connectivity index (χ4v) is 3.15. The summed E-state index contributed by atoms with van der Waals surface area (Å²) in [5.74, 6) is -1.18. The lowest BCUT2D eigenvalue weighted by molar-refractivity contribution is -0.150. The van der Waals surface area contributed by atoms with Crippen molar-refractivity contribution in [2.24, 2.45) is 5.92 Å². The average Bonchev–Trinajstić information content (AvgIpc) is 2.72. The van der Waals surface area contributed by atoms with Gasteiger partial charge in [-0.3, -0.25) is 14.4 Å². The van der Waals surface area contributed by atoms with Crippen molar-refractivity contribution in [3.63, 3.8) is 0 Å². The van der Waals surface area contributed by atoms with Crippen LogP contribution >= 0.6 is 0 Å². The first-order valence-corrected chi connectivity index (χ1v) is 10.4. The smallest absolute Gasteiger partial charge is 0.308 e. The Hall–Kier alpha value is -1.75. The minimum absolute atomic E-state index is 0.0123. The van der Waals surface area contributed by atoms with E-state index < -0.39 is 5.97 Å². The van der Waals surface area contributed by atoms with E-state index in [1.807, 2.05) is 11.8 Å². The van der Waals surface area contributed by atoms with Gasteiger partial charge in [-0.05, 0) is 19.8 Å². The summed E-state index contributed by atoms with van der Waals surface area (Å²) in [6, 6.07) is 0.0150. The van der Waals surface area contributed by atoms with E-state index in [4.69, 9.17) is 28.8 Å². The predicted octanol–water partition coefficient (Wildman–Crippen LogP) is 0.718. The molecule has 1 fully saturated rings. The van der Waals surface area contributed by atoms with E-state index in [1.54, 1.807) is 0 Å². The van der Waals surface area contributed by atoms with E-state index in [2.05, 4.69) is 0 Å². The quantitative estimate of drug-likeness (QED) is 0.277. The molecule has 1 saturated heterocycles. The number of rotatable bonds is 16. The predicted molar refractivity (Wildman–Crippen MR) is 106 cm³/mol. The molecule has 1 rings (SSSR count). The van der Waals surface area contributed by atoms with Crippen LogP contribution in [0.25, 0.3) is 0 Å². The van der Waals surface area contributed by atoms with Gasteiger partial charge in [0.15, 0.2) is 0 Å². The molecular formula is C20H35NO9. The lowest BCUT2D eigenvalue weighted by Crippen LogP contribution is -2.46. The Morgan fingerprint density at radius 1 is 0.867 bits per heavy atom. The highest BCUT2D eigenvalue weighted by Gasteiger charge is 2.32. The maximum atomic E-state index is 12.3. The molecule has 10 nitrogen and oxygen atoms in total. The zero-order valence-corrected chi connectivity index (χ0v) is 18.0. The number of methoxy groups -OCH3 is 1. The van der Waals surface area contributed by atoms with Gasteiger partial charge in [-0.25, -0.2) is 0 Å². The number of ether oxygens (including phenoxy) is 5. The van der Waals surface area contributed by atoms with E-state index >= 15 is 0 Å². The van der Waals surface area contributed by atoms with Gasteiger partial charge in [-0.1, -0.05) is 0 Å². The summed E-state index contributed by atoms with van der Waals surface area (Å²) in [5, 5.41) is 8.45. The van der Waals surface area contributed by atoms with Crippen LogP contribution in [0.5, 0.6) is 0 Å². The third-order valence-electron chi connectivity index (χ3n) is 4.77. The van der Waals surface area contributed by atoms with E-state index in [9.17, 15) is 14.4 Å². The van der Waals surface area contributed by atoms with Gasteiger partial charge in [0.05, 0.1) is 78.7 Å². The number of nitrogens with zero attached hydrogens (tertiary/aromatic N) is 1. The van der Waals surface area contributed by atoms with Crippen molar-refractivity contribution in [2.75, 3.05) is 66.5 Å². The van der Waals surface area contributed by atoms with Crippen LogP contribution in [0.15, 0.2) is 0 Å². The second kappa shape index (κ2) is 16.0. The van der Waals surface area contributed by atoms with Crippen LogP contribution in [0.2, 0.25) is 0 Å². The third-order valence-corrected chi connectivity index (χ3v) is 4.77. The zero-order valence-electron chi connectivity index (χ0n) is 18.0. The number of carbonyl (C=O) groups excluding carboxylic acids is 2. The molecule has 0 aromatic heterocycles. The number of amides is 1. The number of carboxylic acids is 1. The first-order chi connectivity index (χ1) is 14.5. The monoisotopic (exact) mass is 433 g/mol. The van der Waals surface area contributed by atoms with Crippen LogP contribution in [-0.2, 0) is 38.1 Å². The molecule has 0 aliphatic carbocycles. The summed E-state index contributed by atoms with van der Waals surface area (Å²) in [6.07, 6.45) is 1.55. The van der Waals surface area contributed by atoms with Crippen molar-refractivity contribution < 1.29 is 43.2 Å². The van der Waals surface area contributed by atoms with Crippen molar-refractivity contribution in [1.29, 1.82) is 0 Å². The Morgan fingerprint density at radius 3 is 1.83 bits per heavy atom. The Balaban J connectivity index is 1.93. The molecule has 0 unspecified atom stereocenters. The standard InChI is InChI=1S/C20H35NO9/c1-16-15-17(20(25)26-2)3-6-21(16)18(22)4-7-27-9-11-29-13-14-30-12-10-28-8-5-19(23)24/h16-17H,3-15H2,1-2H3,(H,23,24)/t16-,17-/m0/s1. The lowest BCUT2D eigenvalue weighted by atomic mass is 9.91. The van der Waals surface area contributed by atoms with Crippen LogP contribution in [0, 0.1) is 5.92 Å². The number of piperidine rings is 1. The molecule has 10 heteroatoms. The zero-order chi connectivity index (χ0) is 22.2. The normalized spacial score (nSPS) is 18.9. The van der Waals surface area contributed by atoms with Gasteiger partial charge in [0.2, 0.25) is 5.91 Å². The van der Waals surface area contributed by atoms with Crippen molar-refractivity contribution in [2.45, 2.75) is 38.6 Å². The lowest BCUT2D eigenvalue weighted by Gasteiger charge is -2.36. The molecule has 0 radical (unpaired) electrons. The Kier molecular flexibility index (Phi) is 14.0. The van der Waals surface area contributed by atoms with E-state index in [0.717, 1.165) is 0 Å². The minimum atomic E-state index is -0.884. The second-order valence-corrected chi connectivity index (χ2v) is 7.02. The number of carbonyl (C=O) groups is 3. The third kappa shape index (κ3) is 11.4. The number of likely N-dealkylation sites (tertiary alicyclic amines) is 1. The highest BCUT2D eigenvalue weighted by atomic mass is 16.6. The SMILES string of the molecule is COC(=O)[C@H]1CCN(C(=O)CCOCCOCCOCCOCCC(=O)O)[C@@H](C)C1. The molecule has 0 aromatic carbocycles. The fourth-order valence-electron chi connectivity index (χ4n) is 3.15. The number of esters is 1. The Morgan fingerprint density at radius 2 is 1.37 bits per heavy atom. The second-order valence-electron chi connectivity index (χ2n) is 7.02. The van der Waals surface area contributed by atoms with Crippen LogP contribution < -0.4 is 0 Å². The molecule has 0 spiro atoms. The van der Waals surface area contributed by atoms with E-state index in [-0.39, 0.29) is 36.9 Å². The summed E-state index contributed by atoms with van der Waals surface area (Å²) < 4.78 is 26.0. The summed E-state index contributed by atoms with van der Waals surface area (Å²) in [7, 11) is 1.39. The number of hydrogen-bond acceptors (Lipinski definition) is 8. The van der Waals surface area contributed by atoms with Gasteiger partial charge in [-0.2, -0.15) is 0 Å². The average molecular weight is 433 g/mol. The van der Waals surface area contributed by atoms with Crippen molar-refractivity contribution in [3.05, 3.63) is 0 Å². The van der Waals surface area contributed by atoms with Crippen molar-refractivity contribution in [3.8, 4) is 0 Å². The summed E-state index contributed by atoms with van der Waals surface area (Å²) in [6.45, 7) is 5.40. The first-order valence-electron chi connectivity index (χ1n) is 10.4. The molecule has 1 N–H and O–H groups in total. The highest BCUT2D eigenvalue weighted by molar-refractivity contribution is 5.77. The fraction of sp³-hybridized carbons (Fsp3) is 0.850. The van der Waals surface area contributed by atoms with Crippen molar-refractivity contribution in [1.82, 2.24) is 4.90 Å². The van der Waals surface area contributed by atoms with Gasteiger partial charge in [-0.15, -0.1) is 0 Å². The maximum absolute atomic E-state index is 12.3.